The maximum Gasteiger partial charge on any atom is 3.00 e. The molecule has 0 aromatic heterocycles. The molecule has 0 aliphatic heterocycles. The van der Waals surface area contributed by atoms with E-state index in [-0.39, 0.29) is 17.4 Å². The molecule has 0 aliphatic carbocycles. The van der Waals surface area contributed by atoms with E-state index in [9.17, 15) is 0 Å². The average molecular weight is 279 g/mol. The fourth-order valence-corrected chi connectivity index (χ4v) is 0.683. The van der Waals surface area contributed by atoms with Crippen LogP contribution in [0.5, 0.6) is 0 Å². The van der Waals surface area contributed by atoms with Crippen LogP contribution in [0.1, 0.15) is 59.3 Å². The Morgan fingerprint density at radius 2 is 0.789 bits per heavy atom. The van der Waals surface area contributed by atoms with Crippen molar-refractivity contribution in [3.63, 3.8) is 0 Å². The molecule has 0 fully saturated rings. The third-order valence-electron chi connectivity index (χ3n) is 1.85. The number of unbranched alkanes of at least 4 members (excludes halogenated alkanes) is 3. The zero-order chi connectivity index (χ0) is 14.5. The quantitative estimate of drug-likeness (QED) is 0.478. The van der Waals surface area contributed by atoms with Gasteiger partial charge in [0, 0.05) is 0 Å². The van der Waals surface area contributed by atoms with E-state index >= 15 is 0 Å². The topological polar surface area (TPSA) is 27.7 Å². The van der Waals surface area contributed by atoms with E-state index in [1.807, 2.05) is 0 Å². The second kappa shape index (κ2) is 36.3. The van der Waals surface area contributed by atoms with Crippen LogP contribution in [0.25, 0.3) is 0 Å². The van der Waals surface area contributed by atoms with Gasteiger partial charge in [-0.05, 0) is 39.1 Å². The van der Waals surface area contributed by atoms with Crippen LogP contribution in [0.15, 0.2) is 0 Å². The van der Waals surface area contributed by atoms with Gasteiger partial charge in [-0.25, -0.2) is 0 Å². The van der Waals surface area contributed by atoms with Gasteiger partial charge in [0.2, 0.25) is 0 Å². The average Bonchev–Trinajstić information content (AvgIpc) is 2.42. The third kappa shape index (κ3) is 55.6. The number of hydrogen-bond acceptors (Lipinski definition) is 3. The Hall–Kier alpha value is 0.607. The molecule has 0 heterocycles. The molecule has 0 rings (SSSR count). The van der Waals surface area contributed by atoms with Crippen molar-refractivity contribution in [2.75, 3.05) is 19.8 Å². The van der Waals surface area contributed by atoms with Gasteiger partial charge in [0.05, 0.1) is 0 Å². The summed E-state index contributed by atoms with van der Waals surface area (Å²) in [6, 6.07) is 0. The van der Waals surface area contributed by atoms with E-state index in [0.717, 1.165) is 38.5 Å². The van der Waals surface area contributed by atoms with Crippen LogP contribution in [-0.4, -0.2) is 61.3 Å². The second-order valence-electron chi connectivity index (χ2n) is 3.67. The van der Waals surface area contributed by atoms with Crippen molar-refractivity contribution in [2.24, 2.45) is 0 Å². The summed E-state index contributed by atoms with van der Waals surface area (Å²) >= 11 is 0. The summed E-state index contributed by atoms with van der Waals surface area (Å²) in [5.41, 5.74) is 0. The predicted octanol–water partition coefficient (Wildman–Crippen LogP) is 2.28. The van der Waals surface area contributed by atoms with E-state index in [4.69, 9.17) is 24.1 Å². The van der Waals surface area contributed by atoms with Crippen LogP contribution in [-0.2, 0) is 14.0 Å². The van der Waals surface area contributed by atoms with Crippen molar-refractivity contribution in [3.05, 3.63) is 0 Å². The summed E-state index contributed by atoms with van der Waals surface area (Å²) in [7, 11) is 14.1. The largest absolute Gasteiger partial charge is 3.00 e. The van der Waals surface area contributed by atoms with Crippen molar-refractivity contribution in [2.45, 2.75) is 59.3 Å². The molecule has 0 saturated carbocycles. The molecule has 0 spiro atoms. The van der Waals surface area contributed by atoms with Gasteiger partial charge in [-0.3, -0.25) is 0 Å². The van der Waals surface area contributed by atoms with Gasteiger partial charge in [-0.1, -0.05) is 40.0 Å². The van der Waals surface area contributed by atoms with E-state index in [1.54, 1.807) is 0 Å². The van der Waals surface area contributed by atoms with Crippen molar-refractivity contribution in [1.29, 1.82) is 0 Å². The van der Waals surface area contributed by atoms with Gasteiger partial charge in [-0.15, -0.1) is 0 Å². The van der Waals surface area contributed by atoms with Gasteiger partial charge >= 0.3 is 17.4 Å². The first-order valence-corrected chi connectivity index (χ1v) is 6.69. The summed E-state index contributed by atoms with van der Waals surface area (Å²) in [5.74, 6) is 0. The summed E-state index contributed by atoms with van der Waals surface area (Å²) in [5, 5.41) is 0. The van der Waals surface area contributed by atoms with Crippen LogP contribution >= 0.6 is 0 Å². The summed E-state index contributed by atoms with van der Waals surface area (Å²) < 4.78 is 12.8. The normalized spacial score (nSPS) is 8.53. The minimum absolute atomic E-state index is 0. The molecular formula is C12H27AlB3O3. The SMILES string of the molecule is [Al+3].[B-]OCCCC.[B-]OCCCC.[B-]OCCCC. The molecule has 105 valence electrons. The first-order chi connectivity index (χ1) is 8.74. The van der Waals surface area contributed by atoms with Crippen LogP contribution in [0.3, 0.4) is 0 Å². The minimum Gasteiger partial charge on any atom is -0.702 e. The minimum atomic E-state index is 0. The van der Waals surface area contributed by atoms with Gasteiger partial charge in [-0.2, -0.15) is 0 Å². The molecule has 7 heteroatoms. The molecule has 0 atom stereocenters. The Labute approximate surface area is 135 Å². The van der Waals surface area contributed by atoms with Crippen molar-refractivity contribution in [3.8, 4) is 0 Å². The van der Waals surface area contributed by atoms with E-state index in [1.165, 1.54) is 0 Å². The molecule has 0 aromatic carbocycles. The smallest absolute Gasteiger partial charge is 0.702 e. The Morgan fingerprint density at radius 1 is 0.579 bits per heavy atom. The molecule has 9 radical (unpaired) electrons. The zero-order valence-electron chi connectivity index (χ0n) is 12.9. The Balaban J connectivity index is -0.0000000865. The molecule has 0 N–H and O–H groups in total. The van der Waals surface area contributed by atoms with Crippen molar-refractivity contribution < 1.29 is 14.0 Å². The maximum atomic E-state index is 4.71. The van der Waals surface area contributed by atoms with Crippen molar-refractivity contribution >= 4 is 41.5 Å². The van der Waals surface area contributed by atoms with E-state index in [0.29, 0.717) is 19.8 Å². The molecule has 3 nitrogen and oxygen atoms in total. The summed E-state index contributed by atoms with van der Waals surface area (Å²) in [6.45, 7) is 8.36. The molecule has 0 aromatic rings. The fraction of sp³-hybridized carbons (Fsp3) is 1.00. The van der Waals surface area contributed by atoms with Crippen LogP contribution < -0.4 is 0 Å². The molecule has 0 bridgehead atoms. The maximum absolute atomic E-state index is 4.71. The first-order valence-electron chi connectivity index (χ1n) is 6.69. The monoisotopic (exact) mass is 279 g/mol. The van der Waals surface area contributed by atoms with Gasteiger partial charge in [0.1, 0.15) is 0 Å². The van der Waals surface area contributed by atoms with E-state index < -0.39 is 0 Å². The zero-order valence-corrected chi connectivity index (χ0v) is 14.1. The fourth-order valence-electron chi connectivity index (χ4n) is 0.683. The van der Waals surface area contributed by atoms with Crippen LogP contribution in [0.4, 0.5) is 0 Å². The molecule has 0 unspecified atom stereocenters. The molecular weight excluding hydrogens is 252 g/mol. The van der Waals surface area contributed by atoms with Crippen LogP contribution in [0.2, 0.25) is 0 Å². The molecule has 0 saturated heterocycles. The Kier molecular flexibility index (Phi) is 53.2. The Bertz CT molecular complexity index is 83.2. The van der Waals surface area contributed by atoms with E-state index in [2.05, 4.69) is 34.7 Å². The number of rotatable bonds is 9. The van der Waals surface area contributed by atoms with Gasteiger partial charge in [0.25, 0.3) is 0 Å². The van der Waals surface area contributed by atoms with Crippen molar-refractivity contribution in [1.82, 2.24) is 0 Å². The third-order valence-corrected chi connectivity index (χ3v) is 1.85. The van der Waals surface area contributed by atoms with Gasteiger partial charge < -0.3 is 38.1 Å². The summed E-state index contributed by atoms with van der Waals surface area (Å²) in [6.07, 6.45) is 6.65. The standard InChI is InChI=1S/3C4H9BO.Al/c3*1-2-3-4-6-5;/h3*2-4H2,1H3;/q3*-1;+3. The predicted molar refractivity (Wildman–Crippen MR) is 85.6 cm³/mol. The Morgan fingerprint density at radius 3 is 0.842 bits per heavy atom. The number of hydrogen-bond donors (Lipinski definition) is 0. The van der Waals surface area contributed by atoms with Crippen LogP contribution in [0, 0.1) is 0 Å². The molecule has 19 heavy (non-hydrogen) atoms. The molecule has 0 aliphatic rings. The molecule has 0 amide bonds. The first kappa shape index (κ1) is 27.9. The van der Waals surface area contributed by atoms with Gasteiger partial charge in [0.15, 0.2) is 0 Å². The summed E-state index contributed by atoms with van der Waals surface area (Å²) in [4.78, 5) is 0. The second-order valence-corrected chi connectivity index (χ2v) is 3.67.